The fraction of sp³-hybridized carbons (Fsp3) is 0.556. The van der Waals surface area contributed by atoms with Gasteiger partial charge in [-0.15, -0.1) is 0 Å². The van der Waals surface area contributed by atoms with E-state index < -0.39 is 19.1 Å². The summed E-state index contributed by atoms with van der Waals surface area (Å²) >= 11 is 0. The first kappa shape index (κ1) is 14.2. The van der Waals surface area contributed by atoms with Crippen LogP contribution in [0.25, 0.3) is 0 Å². The van der Waals surface area contributed by atoms with Crippen molar-refractivity contribution in [3.63, 3.8) is 0 Å². The Bertz CT molecular complexity index is 392. The van der Waals surface area contributed by atoms with Gasteiger partial charge in [-0.2, -0.15) is 8.78 Å². The lowest BCUT2D eigenvalue weighted by Gasteiger charge is -2.24. The summed E-state index contributed by atoms with van der Waals surface area (Å²) in [4.78, 5) is 6.78. The number of halogens is 2. The second-order valence-corrected chi connectivity index (χ2v) is 5.02. The first-order chi connectivity index (χ1) is 7.98. The molecule has 0 aliphatic rings. The molecule has 5 nitrogen and oxygen atoms in total. The summed E-state index contributed by atoms with van der Waals surface area (Å²) < 4.78 is 49.0. The molecule has 0 N–H and O–H groups in total. The third-order valence-electron chi connectivity index (χ3n) is 1.78. The zero-order valence-electron chi connectivity index (χ0n) is 9.47. The number of hydrogen-bond donors (Lipinski definition) is 0. The quantitative estimate of drug-likeness (QED) is 0.741. The Balaban J connectivity index is 3.13. The highest BCUT2D eigenvalue weighted by Gasteiger charge is 2.57. The van der Waals surface area contributed by atoms with E-state index >= 15 is 0 Å². The predicted octanol–water partition coefficient (Wildman–Crippen LogP) is 2.79. The molecular formula is C9H13F2N2O3P. The normalized spacial score (nSPS) is 12.7. The average molecular weight is 266 g/mol. The third-order valence-corrected chi connectivity index (χ3v) is 3.86. The van der Waals surface area contributed by atoms with Crippen LogP contribution in [-0.2, 0) is 19.3 Å². The molecule has 96 valence electrons. The van der Waals surface area contributed by atoms with Crippen LogP contribution in [0.15, 0.2) is 18.5 Å². The van der Waals surface area contributed by atoms with Crippen molar-refractivity contribution in [3.8, 4) is 0 Å². The molecule has 0 atom stereocenters. The van der Waals surface area contributed by atoms with Gasteiger partial charge in [-0.25, -0.2) is 9.97 Å². The Morgan fingerprint density at radius 2 is 1.71 bits per heavy atom. The van der Waals surface area contributed by atoms with Crippen molar-refractivity contribution < 1.29 is 22.4 Å². The molecule has 0 amide bonds. The van der Waals surface area contributed by atoms with E-state index in [2.05, 4.69) is 19.0 Å². The maximum Gasteiger partial charge on any atom is 0.407 e. The van der Waals surface area contributed by atoms with Crippen LogP contribution in [0.4, 0.5) is 8.78 Å². The van der Waals surface area contributed by atoms with Gasteiger partial charge in [0.2, 0.25) is 5.82 Å². The van der Waals surface area contributed by atoms with Gasteiger partial charge in [0.1, 0.15) is 0 Å². The van der Waals surface area contributed by atoms with Crippen LogP contribution in [0.1, 0.15) is 19.7 Å². The Labute approximate surface area is 97.7 Å². The Hall–Kier alpha value is -0.910. The lowest BCUT2D eigenvalue weighted by atomic mass is 10.6. The monoisotopic (exact) mass is 266 g/mol. The molecule has 0 aliphatic heterocycles. The van der Waals surface area contributed by atoms with E-state index in [0.29, 0.717) is 0 Å². The van der Waals surface area contributed by atoms with Crippen molar-refractivity contribution in [2.75, 3.05) is 13.2 Å². The standard InChI is InChI=1S/C9H13F2N2O3P/c1-3-15-17(14,16-4-2)9(10,11)8-12-6-5-7-13-8/h5-7H,3-4H2,1-2H3. The van der Waals surface area contributed by atoms with Crippen molar-refractivity contribution in [1.29, 1.82) is 0 Å². The van der Waals surface area contributed by atoms with Crippen molar-refractivity contribution in [2.24, 2.45) is 0 Å². The van der Waals surface area contributed by atoms with Crippen LogP contribution in [0.2, 0.25) is 0 Å². The van der Waals surface area contributed by atoms with Crippen molar-refractivity contribution in [2.45, 2.75) is 19.5 Å². The summed E-state index contributed by atoms with van der Waals surface area (Å²) in [5.41, 5.74) is -3.86. The molecule has 0 bridgehead atoms. The molecule has 1 rings (SSSR count). The maximum atomic E-state index is 13.9. The Morgan fingerprint density at radius 3 is 2.12 bits per heavy atom. The van der Waals surface area contributed by atoms with Crippen LogP contribution in [0.5, 0.6) is 0 Å². The molecule has 0 fully saturated rings. The summed E-state index contributed by atoms with van der Waals surface area (Å²) in [6, 6.07) is 1.38. The molecule has 1 heterocycles. The van der Waals surface area contributed by atoms with Crippen LogP contribution < -0.4 is 0 Å². The highest BCUT2D eigenvalue weighted by atomic mass is 31.2. The minimum Gasteiger partial charge on any atom is -0.304 e. The van der Waals surface area contributed by atoms with Gasteiger partial charge in [0.25, 0.3) is 0 Å². The molecule has 1 aromatic rings. The van der Waals surface area contributed by atoms with Crippen LogP contribution >= 0.6 is 7.60 Å². The molecule has 0 aromatic carbocycles. The van der Waals surface area contributed by atoms with Crippen LogP contribution in [-0.4, -0.2) is 23.2 Å². The van der Waals surface area contributed by atoms with Gasteiger partial charge in [-0.05, 0) is 19.9 Å². The second-order valence-electron chi connectivity index (χ2n) is 2.95. The fourth-order valence-electron chi connectivity index (χ4n) is 1.12. The zero-order valence-corrected chi connectivity index (χ0v) is 10.4. The van der Waals surface area contributed by atoms with E-state index in [-0.39, 0.29) is 13.2 Å². The lowest BCUT2D eigenvalue weighted by Crippen LogP contribution is -2.21. The number of aromatic nitrogens is 2. The summed E-state index contributed by atoms with van der Waals surface area (Å²) in [5.74, 6) is -0.870. The van der Waals surface area contributed by atoms with Gasteiger partial charge in [0.15, 0.2) is 0 Å². The third kappa shape index (κ3) is 2.86. The smallest absolute Gasteiger partial charge is 0.304 e. The van der Waals surface area contributed by atoms with E-state index in [1.165, 1.54) is 19.9 Å². The number of alkyl halides is 2. The van der Waals surface area contributed by atoms with Crippen molar-refractivity contribution >= 4 is 7.60 Å². The van der Waals surface area contributed by atoms with E-state index in [4.69, 9.17) is 0 Å². The maximum absolute atomic E-state index is 13.9. The minimum atomic E-state index is -4.60. The molecule has 0 radical (unpaired) electrons. The van der Waals surface area contributed by atoms with Gasteiger partial charge in [-0.1, -0.05) is 0 Å². The summed E-state index contributed by atoms with van der Waals surface area (Å²) in [6.07, 6.45) is 2.27. The SMILES string of the molecule is CCOP(=O)(OCC)C(F)(F)c1ncccn1. The Morgan fingerprint density at radius 1 is 1.24 bits per heavy atom. The molecule has 8 heteroatoms. The van der Waals surface area contributed by atoms with Crippen LogP contribution in [0, 0.1) is 0 Å². The van der Waals surface area contributed by atoms with Gasteiger partial charge < -0.3 is 9.05 Å². The first-order valence-corrected chi connectivity index (χ1v) is 6.56. The molecule has 0 saturated heterocycles. The number of nitrogens with zero attached hydrogens (tertiary/aromatic N) is 2. The van der Waals surface area contributed by atoms with E-state index in [0.717, 1.165) is 12.4 Å². The van der Waals surface area contributed by atoms with Gasteiger partial charge in [0, 0.05) is 12.4 Å². The summed E-state index contributed by atoms with van der Waals surface area (Å²) in [6.45, 7) is 2.60. The van der Waals surface area contributed by atoms with Gasteiger partial charge >= 0.3 is 13.3 Å². The number of hydrogen-bond acceptors (Lipinski definition) is 5. The highest BCUT2D eigenvalue weighted by Crippen LogP contribution is 2.65. The van der Waals surface area contributed by atoms with Crippen molar-refractivity contribution in [1.82, 2.24) is 9.97 Å². The second kappa shape index (κ2) is 5.62. The highest BCUT2D eigenvalue weighted by molar-refractivity contribution is 7.54. The predicted molar refractivity (Wildman–Crippen MR) is 56.8 cm³/mol. The molecule has 0 aliphatic carbocycles. The lowest BCUT2D eigenvalue weighted by molar-refractivity contribution is 0.0283. The molecular weight excluding hydrogens is 253 g/mol. The van der Waals surface area contributed by atoms with E-state index in [1.54, 1.807) is 0 Å². The molecule has 0 spiro atoms. The fourth-order valence-corrected chi connectivity index (χ4v) is 2.56. The van der Waals surface area contributed by atoms with E-state index in [9.17, 15) is 13.3 Å². The number of rotatable bonds is 6. The molecule has 1 aromatic heterocycles. The first-order valence-electron chi connectivity index (χ1n) is 5.02. The largest absolute Gasteiger partial charge is 0.407 e. The zero-order chi connectivity index (χ0) is 12.9. The van der Waals surface area contributed by atoms with E-state index in [1.807, 2.05) is 0 Å². The molecule has 0 unspecified atom stereocenters. The summed E-state index contributed by atoms with van der Waals surface area (Å²) in [7, 11) is -4.60. The Kier molecular flexibility index (Phi) is 4.68. The van der Waals surface area contributed by atoms with Gasteiger partial charge in [0.05, 0.1) is 13.2 Å². The molecule has 17 heavy (non-hydrogen) atoms. The van der Waals surface area contributed by atoms with Crippen LogP contribution in [0.3, 0.4) is 0 Å². The minimum absolute atomic E-state index is 0.153. The van der Waals surface area contributed by atoms with Gasteiger partial charge in [-0.3, -0.25) is 4.57 Å². The topological polar surface area (TPSA) is 61.3 Å². The summed E-state index contributed by atoms with van der Waals surface area (Å²) in [5, 5.41) is 0. The molecule has 0 saturated carbocycles. The van der Waals surface area contributed by atoms with Crippen molar-refractivity contribution in [3.05, 3.63) is 24.3 Å². The average Bonchev–Trinajstić information content (AvgIpc) is 2.30.